The topological polar surface area (TPSA) is 103 Å². The number of carbonyl (C=O) groups is 1. The number of nitrogens with zero attached hydrogens (tertiary/aromatic N) is 2. The first kappa shape index (κ1) is 18.3. The van der Waals surface area contributed by atoms with Gasteiger partial charge in [0.1, 0.15) is 5.78 Å². The highest BCUT2D eigenvalue weighted by molar-refractivity contribution is 5.79. The average Bonchev–Trinajstić information content (AvgIpc) is 2.58. The van der Waals surface area contributed by atoms with Gasteiger partial charge in [0.25, 0.3) is 5.69 Å². The molecule has 2 rings (SSSR count). The standard InChI is InChI=1S/C18H18N2O5/c1-13(21)17(11-14-5-3-2-4-6-14)18(12-19(22)23)15-7-9-16(10-8-15)20(24)25/h2-10,17-18H,11-12H2,1H3. The lowest BCUT2D eigenvalue weighted by Crippen LogP contribution is -2.28. The molecule has 2 aromatic carbocycles. The van der Waals surface area contributed by atoms with Crippen LogP contribution in [0.25, 0.3) is 0 Å². The van der Waals surface area contributed by atoms with Gasteiger partial charge in [0.15, 0.2) is 0 Å². The summed E-state index contributed by atoms with van der Waals surface area (Å²) >= 11 is 0. The summed E-state index contributed by atoms with van der Waals surface area (Å²) in [5.74, 6) is -1.36. The van der Waals surface area contributed by atoms with E-state index in [9.17, 15) is 25.0 Å². The molecule has 0 heterocycles. The van der Waals surface area contributed by atoms with Gasteiger partial charge in [0.05, 0.1) is 10.8 Å². The van der Waals surface area contributed by atoms with Crippen LogP contribution in [-0.4, -0.2) is 22.2 Å². The Morgan fingerprint density at radius 2 is 1.60 bits per heavy atom. The summed E-state index contributed by atoms with van der Waals surface area (Å²) in [4.78, 5) is 33.1. The number of hydrogen-bond acceptors (Lipinski definition) is 5. The van der Waals surface area contributed by atoms with E-state index < -0.39 is 28.2 Å². The Kier molecular flexibility index (Phi) is 5.94. The Morgan fingerprint density at radius 1 is 1.00 bits per heavy atom. The van der Waals surface area contributed by atoms with E-state index in [1.807, 2.05) is 30.3 Å². The van der Waals surface area contributed by atoms with Gasteiger partial charge in [-0.1, -0.05) is 42.5 Å². The van der Waals surface area contributed by atoms with Crippen molar-refractivity contribution in [2.45, 2.75) is 19.3 Å². The molecule has 2 unspecified atom stereocenters. The lowest BCUT2D eigenvalue weighted by atomic mass is 9.80. The number of nitro groups is 2. The fourth-order valence-electron chi connectivity index (χ4n) is 2.91. The summed E-state index contributed by atoms with van der Waals surface area (Å²) in [6.45, 7) is 1.01. The van der Waals surface area contributed by atoms with Crippen LogP contribution in [0.5, 0.6) is 0 Å². The lowest BCUT2D eigenvalue weighted by Gasteiger charge is -2.22. The molecule has 0 saturated heterocycles. The molecule has 7 nitrogen and oxygen atoms in total. The van der Waals surface area contributed by atoms with Crippen LogP contribution in [-0.2, 0) is 11.2 Å². The van der Waals surface area contributed by atoms with E-state index in [0.717, 1.165) is 5.56 Å². The van der Waals surface area contributed by atoms with Gasteiger partial charge in [-0.05, 0) is 24.5 Å². The Hall–Kier alpha value is -3.09. The van der Waals surface area contributed by atoms with Crippen LogP contribution < -0.4 is 0 Å². The van der Waals surface area contributed by atoms with E-state index in [4.69, 9.17) is 0 Å². The monoisotopic (exact) mass is 342 g/mol. The molecule has 0 aliphatic heterocycles. The van der Waals surface area contributed by atoms with Gasteiger partial charge in [-0.2, -0.15) is 0 Å². The summed E-state index contributed by atoms with van der Waals surface area (Å²) in [5, 5.41) is 21.9. The normalized spacial score (nSPS) is 13.0. The predicted molar refractivity (Wildman–Crippen MR) is 92.0 cm³/mol. The number of carbonyl (C=O) groups excluding carboxylic acids is 1. The number of non-ortho nitro benzene ring substituents is 1. The molecule has 25 heavy (non-hydrogen) atoms. The maximum absolute atomic E-state index is 12.2. The van der Waals surface area contributed by atoms with Crippen LogP contribution in [0.15, 0.2) is 54.6 Å². The maximum Gasteiger partial charge on any atom is 0.269 e. The fraction of sp³-hybridized carbons (Fsp3) is 0.278. The molecule has 2 atom stereocenters. The second kappa shape index (κ2) is 8.14. The second-order valence-corrected chi connectivity index (χ2v) is 5.88. The van der Waals surface area contributed by atoms with Gasteiger partial charge >= 0.3 is 0 Å². The van der Waals surface area contributed by atoms with Gasteiger partial charge in [-0.3, -0.25) is 25.0 Å². The highest BCUT2D eigenvalue weighted by Gasteiger charge is 2.31. The first-order valence-electron chi connectivity index (χ1n) is 7.79. The Bertz CT molecular complexity index is 759. The molecule has 130 valence electrons. The number of rotatable bonds is 8. The molecular weight excluding hydrogens is 324 g/mol. The van der Waals surface area contributed by atoms with Crippen LogP contribution in [0.3, 0.4) is 0 Å². The van der Waals surface area contributed by atoms with Gasteiger partial charge in [-0.15, -0.1) is 0 Å². The number of benzene rings is 2. The van der Waals surface area contributed by atoms with Crippen LogP contribution in [0.2, 0.25) is 0 Å². The molecule has 0 radical (unpaired) electrons. The largest absolute Gasteiger partial charge is 0.300 e. The van der Waals surface area contributed by atoms with Crippen molar-refractivity contribution in [3.05, 3.63) is 86.0 Å². The highest BCUT2D eigenvalue weighted by atomic mass is 16.6. The molecule has 0 aliphatic carbocycles. The van der Waals surface area contributed by atoms with Gasteiger partial charge in [-0.25, -0.2) is 0 Å². The lowest BCUT2D eigenvalue weighted by molar-refractivity contribution is -0.484. The van der Waals surface area contributed by atoms with Crippen molar-refractivity contribution in [2.24, 2.45) is 5.92 Å². The van der Waals surface area contributed by atoms with E-state index in [1.165, 1.54) is 31.2 Å². The number of ketones is 1. The predicted octanol–water partition coefficient (Wildman–Crippen LogP) is 3.40. The molecule has 0 fully saturated rings. The molecule has 0 bridgehead atoms. The summed E-state index contributed by atoms with van der Waals surface area (Å²) in [5.41, 5.74) is 1.38. The molecule has 0 aliphatic rings. The third kappa shape index (κ3) is 4.94. The molecule has 0 aromatic heterocycles. The van der Waals surface area contributed by atoms with Crippen molar-refractivity contribution in [2.75, 3.05) is 6.54 Å². The average molecular weight is 342 g/mol. The van der Waals surface area contributed by atoms with E-state index in [0.29, 0.717) is 12.0 Å². The Balaban J connectivity index is 2.36. The Morgan fingerprint density at radius 3 is 2.08 bits per heavy atom. The molecule has 7 heteroatoms. The zero-order valence-corrected chi connectivity index (χ0v) is 13.7. The van der Waals surface area contributed by atoms with Gasteiger partial charge in [0.2, 0.25) is 6.54 Å². The van der Waals surface area contributed by atoms with Crippen LogP contribution in [0.4, 0.5) is 5.69 Å². The minimum absolute atomic E-state index is 0.0916. The molecule has 0 saturated carbocycles. The summed E-state index contributed by atoms with van der Waals surface area (Å²) in [6.07, 6.45) is 0.381. The highest BCUT2D eigenvalue weighted by Crippen LogP contribution is 2.30. The number of Topliss-reactive ketones (excluding diaryl/α,β-unsaturated/α-hetero) is 1. The molecular formula is C18H18N2O5. The van der Waals surface area contributed by atoms with E-state index in [1.54, 1.807) is 0 Å². The molecule has 2 aromatic rings. The van der Waals surface area contributed by atoms with E-state index in [-0.39, 0.29) is 11.5 Å². The van der Waals surface area contributed by atoms with Crippen LogP contribution >= 0.6 is 0 Å². The SMILES string of the molecule is CC(=O)C(Cc1ccccc1)C(C[N+](=O)[O-])c1ccc([N+](=O)[O-])cc1. The third-order valence-corrected chi connectivity index (χ3v) is 4.18. The van der Waals surface area contributed by atoms with Gasteiger partial charge < -0.3 is 0 Å². The first-order chi connectivity index (χ1) is 11.9. The van der Waals surface area contributed by atoms with Crippen LogP contribution in [0, 0.1) is 26.1 Å². The van der Waals surface area contributed by atoms with Crippen molar-refractivity contribution >= 4 is 11.5 Å². The second-order valence-electron chi connectivity index (χ2n) is 5.88. The van der Waals surface area contributed by atoms with E-state index in [2.05, 4.69) is 0 Å². The molecule has 0 N–H and O–H groups in total. The fourth-order valence-corrected chi connectivity index (χ4v) is 2.91. The minimum atomic E-state index is -0.645. The van der Waals surface area contributed by atoms with Crippen molar-refractivity contribution in [3.8, 4) is 0 Å². The van der Waals surface area contributed by atoms with Crippen molar-refractivity contribution in [1.82, 2.24) is 0 Å². The zero-order chi connectivity index (χ0) is 18.4. The maximum atomic E-state index is 12.2. The summed E-state index contributed by atoms with van der Waals surface area (Å²) in [7, 11) is 0. The Labute approximate surface area is 144 Å². The van der Waals surface area contributed by atoms with Crippen molar-refractivity contribution < 1.29 is 14.6 Å². The summed E-state index contributed by atoms with van der Waals surface area (Å²) < 4.78 is 0. The summed E-state index contributed by atoms with van der Waals surface area (Å²) in [6, 6.07) is 14.9. The first-order valence-corrected chi connectivity index (χ1v) is 7.79. The van der Waals surface area contributed by atoms with Crippen molar-refractivity contribution in [1.29, 1.82) is 0 Å². The van der Waals surface area contributed by atoms with Crippen molar-refractivity contribution in [3.63, 3.8) is 0 Å². The molecule has 0 amide bonds. The quantitative estimate of drug-likeness (QED) is 0.540. The van der Waals surface area contributed by atoms with Crippen LogP contribution in [0.1, 0.15) is 24.0 Å². The number of hydrogen-bond donors (Lipinski definition) is 0. The minimum Gasteiger partial charge on any atom is -0.300 e. The number of nitro benzene ring substituents is 1. The molecule has 0 spiro atoms. The van der Waals surface area contributed by atoms with Gasteiger partial charge in [0, 0.05) is 23.0 Å². The third-order valence-electron chi connectivity index (χ3n) is 4.18. The zero-order valence-electron chi connectivity index (χ0n) is 13.7. The van der Waals surface area contributed by atoms with E-state index >= 15 is 0 Å². The smallest absolute Gasteiger partial charge is 0.269 e.